The van der Waals surface area contributed by atoms with Crippen LogP contribution in [0.4, 0.5) is 0 Å². The second-order valence-corrected chi connectivity index (χ2v) is 5.01. The van der Waals surface area contributed by atoms with Gasteiger partial charge in [-0.15, -0.1) is 0 Å². The Morgan fingerprint density at radius 3 is 2.64 bits per heavy atom. The topological polar surface area (TPSA) is 69.4 Å². The number of hydrogen-bond donors (Lipinski definition) is 0. The van der Waals surface area contributed by atoms with Crippen LogP contribution in [0.1, 0.15) is 32.4 Å². The SMILES string of the molecule is CCS(=O)(=O)Oc1cc(C(C)C)on1. The smallest absolute Gasteiger partial charge is 0.310 e. The lowest BCUT2D eigenvalue weighted by Crippen LogP contribution is -2.11. The van der Waals surface area contributed by atoms with Crippen LogP contribution in [0, 0.1) is 0 Å². The average Bonchev–Trinajstić information content (AvgIpc) is 2.52. The Balaban J connectivity index is 2.79. The molecule has 0 atom stereocenters. The summed E-state index contributed by atoms with van der Waals surface area (Å²) in [6, 6.07) is 1.48. The second-order valence-electron chi connectivity index (χ2n) is 3.15. The van der Waals surface area contributed by atoms with Crippen molar-refractivity contribution >= 4 is 10.1 Å². The molecule has 80 valence electrons. The van der Waals surface area contributed by atoms with Gasteiger partial charge in [0.2, 0.25) is 0 Å². The summed E-state index contributed by atoms with van der Waals surface area (Å²) in [6.07, 6.45) is 0. The summed E-state index contributed by atoms with van der Waals surface area (Å²) in [4.78, 5) is 0. The van der Waals surface area contributed by atoms with Crippen LogP contribution < -0.4 is 4.18 Å². The van der Waals surface area contributed by atoms with Crippen LogP contribution in [0.25, 0.3) is 0 Å². The van der Waals surface area contributed by atoms with Crippen LogP contribution in [0.5, 0.6) is 5.88 Å². The second kappa shape index (κ2) is 4.00. The molecule has 0 spiro atoms. The molecular weight excluding hydrogens is 206 g/mol. The highest BCUT2D eigenvalue weighted by molar-refractivity contribution is 7.87. The Kier molecular flexibility index (Phi) is 3.15. The minimum atomic E-state index is -3.51. The molecule has 5 nitrogen and oxygen atoms in total. The predicted molar refractivity (Wildman–Crippen MR) is 50.7 cm³/mol. The summed E-state index contributed by atoms with van der Waals surface area (Å²) in [5.74, 6) is 0.669. The van der Waals surface area contributed by atoms with Gasteiger partial charge in [0.05, 0.1) is 5.75 Å². The van der Waals surface area contributed by atoms with Gasteiger partial charge in [-0.25, -0.2) is 0 Å². The molecule has 1 aromatic heterocycles. The lowest BCUT2D eigenvalue weighted by molar-refractivity contribution is 0.350. The molecule has 0 aliphatic rings. The quantitative estimate of drug-likeness (QED) is 0.718. The maximum atomic E-state index is 11.0. The maximum Gasteiger partial charge on any atom is 0.310 e. The molecule has 6 heteroatoms. The summed E-state index contributed by atoms with van der Waals surface area (Å²) in [7, 11) is -3.51. The zero-order valence-corrected chi connectivity index (χ0v) is 9.17. The van der Waals surface area contributed by atoms with E-state index in [-0.39, 0.29) is 17.6 Å². The molecule has 0 fully saturated rings. The van der Waals surface area contributed by atoms with Gasteiger partial charge < -0.3 is 8.71 Å². The monoisotopic (exact) mass is 219 g/mol. The molecule has 0 N–H and O–H groups in total. The highest BCUT2D eigenvalue weighted by atomic mass is 32.2. The van der Waals surface area contributed by atoms with Gasteiger partial charge in [-0.1, -0.05) is 13.8 Å². The largest absolute Gasteiger partial charge is 0.358 e. The first kappa shape index (κ1) is 11.0. The summed E-state index contributed by atoms with van der Waals surface area (Å²) in [6.45, 7) is 5.33. The molecule has 0 bridgehead atoms. The third-order valence-electron chi connectivity index (χ3n) is 1.64. The molecule has 1 rings (SSSR count). The van der Waals surface area contributed by atoms with Crippen LogP contribution >= 0.6 is 0 Å². The highest BCUT2D eigenvalue weighted by Gasteiger charge is 2.14. The van der Waals surface area contributed by atoms with Crippen molar-refractivity contribution < 1.29 is 17.1 Å². The van der Waals surface area contributed by atoms with Crippen molar-refractivity contribution in [2.75, 3.05) is 5.75 Å². The predicted octanol–water partition coefficient (Wildman–Crippen LogP) is 1.53. The van der Waals surface area contributed by atoms with E-state index in [0.717, 1.165) is 0 Å². The van der Waals surface area contributed by atoms with E-state index in [2.05, 4.69) is 9.34 Å². The molecule has 1 aromatic rings. The molecule has 0 aliphatic heterocycles. The fourth-order valence-corrected chi connectivity index (χ4v) is 1.23. The molecule has 1 heterocycles. The Morgan fingerprint density at radius 1 is 1.57 bits per heavy atom. The molecule has 0 aliphatic carbocycles. The van der Waals surface area contributed by atoms with Gasteiger partial charge in [0.1, 0.15) is 5.76 Å². The van der Waals surface area contributed by atoms with E-state index in [1.807, 2.05) is 13.8 Å². The number of rotatable bonds is 4. The van der Waals surface area contributed by atoms with E-state index < -0.39 is 10.1 Å². The zero-order valence-electron chi connectivity index (χ0n) is 8.35. The first-order chi connectivity index (χ1) is 6.44. The van der Waals surface area contributed by atoms with Gasteiger partial charge >= 0.3 is 10.1 Å². The molecule has 0 radical (unpaired) electrons. The summed E-state index contributed by atoms with van der Waals surface area (Å²) in [5, 5.41) is 3.49. The van der Waals surface area contributed by atoms with Crippen molar-refractivity contribution in [2.24, 2.45) is 0 Å². The Morgan fingerprint density at radius 2 is 2.21 bits per heavy atom. The normalized spacial score (nSPS) is 12.0. The van der Waals surface area contributed by atoms with Crippen molar-refractivity contribution in [3.8, 4) is 5.88 Å². The molecule has 0 saturated carbocycles. The van der Waals surface area contributed by atoms with E-state index in [1.54, 1.807) is 0 Å². The van der Waals surface area contributed by atoms with Crippen LogP contribution in [0.15, 0.2) is 10.6 Å². The molecule has 0 unspecified atom stereocenters. The Bertz CT molecular complexity index is 393. The van der Waals surface area contributed by atoms with Crippen LogP contribution in [0.2, 0.25) is 0 Å². The highest BCUT2D eigenvalue weighted by Crippen LogP contribution is 2.20. The number of hydrogen-bond acceptors (Lipinski definition) is 5. The standard InChI is InChI=1S/C8H13NO4S/c1-4-14(10,11)13-8-5-7(6(2)3)12-9-8/h5-6H,4H2,1-3H3. The number of nitrogens with zero attached hydrogens (tertiary/aromatic N) is 1. The fraction of sp³-hybridized carbons (Fsp3) is 0.625. The minimum absolute atomic E-state index is 0.00412. The summed E-state index contributed by atoms with van der Waals surface area (Å²) < 4.78 is 31.6. The molecule has 14 heavy (non-hydrogen) atoms. The van der Waals surface area contributed by atoms with Gasteiger partial charge in [0.15, 0.2) is 0 Å². The van der Waals surface area contributed by atoms with E-state index in [4.69, 9.17) is 4.52 Å². The third kappa shape index (κ3) is 2.73. The lowest BCUT2D eigenvalue weighted by atomic mass is 10.2. The summed E-state index contributed by atoms with van der Waals surface area (Å²) >= 11 is 0. The number of aromatic nitrogens is 1. The zero-order chi connectivity index (χ0) is 10.8. The van der Waals surface area contributed by atoms with E-state index in [0.29, 0.717) is 5.76 Å². The Hall–Kier alpha value is -1.04. The van der Waals surface area contributed by atoms with E-state index in [9.17, 15) is 8.42 Å². The van der Waals surface area contributed by atoms with E-state index in [1.165, 1.54) is 13.0 Å². The van der Waals surface area contributed by atoms with Crippen molar-refractivity contribution in [2.45, 2.75) is 26.7 Å². The van der Waals surface area contributed by atoms with Gasteiger partial charge in [-0.05, 0) is 12.1 Å². The van der Waals surface area contributed by atoms with Crippen molar-refractivity contribution in [3.63, 3.8) is 0 Å². The first-order valence-electron chi connectivity index (χ1n) is 4.33. The van der Waals surface area contributed by atoms with Gasteiger partial charge in [0, 0.05) is 12.0 Å². The first-order valence-corrected chi connectivity index (χ1v) is 5.91. The van der Waals surface area contributed by atoms with Gasteiger partial charge in [0.25, 0.3) is 5.88 Å². The molecule has 0 aromatic carbocycles. The van der Waals surface area contributed by atoms with Crippen LogP contribution in [-0.4, -0.2) is 19.3 Å². The molecule has 0 amide bonds. The van der Waals surface area contributed by atoms with Crippen molar-refractivity contribution in [3.05, 3.63) is 11.8 Å². The maximum absolute atomic E-state index is 11.0. The van der Waals surface area contributed by atoms with Gasteiger partial charge in [-0.3, -0.25) is 0 Å². The lowest BCUT2D eigenvalue weighted by Gasteiger charge is -1.98. The van der Waals surface area contributed by atoms with Gasteiger partial charge in [-0.2, -0.15) is 8.42 Å². The fourth-order valence-electron chi connectivity index (χ4n) is 0.772. The summed E-state index contributed by atoms with van der Waals surface area (Å²) in [5.41, 5.74) is 0. The van der Waals surface area contributed by atoms with Crippen LogP contribution in [0.3, 0.4) is 0 Å². The molecular formula is C8H13NO4S. The van der Waals surface area contributed by atoms with E-state index >= 15 is 0 Å². The van der Waals surface area contributed by atoms with Crippen molar-refractivity contribution in [1.29, 1.82) is 0 Å². The molecule has 0 saturated heterocycles. The van der Waals surface area contributed by atoms with Crippen molar-refractivity contribution in [1.82, 2.24) is 5.16 Å². The minimum Gasteiger partial charge on any atom is -0.358 e. The van der Waals surface area contributed by atoms with Crippen LogP contribution in [-0.2, 0) is 10.1 Å². The third-order valence-corrected chi connectivity index (χ3v) is 2.77. The average molecular weight is 219 g/mol. The Labute approximate surface area is 83.2 Å².